The highest BCUT2D eigenvalue weighted by Gasteiger charge is 2.41. The zero-order valence-corrected chi connectivity index (χ0v) is 11.7. The van der Waals surface area contributed by atoms with Crippen LogP contribution in [-0.2, 0) is 10.0 Å². The number of hydrogen-bond acceptors (Lipinski definition) is 6. The van der Waals surface area contributed by atoms with Crippen molar-refractivity contribution in [2.75, 3.05) is 13.1 Å². The van der Waals surface area contributed by atoms with Gasteiger partial charge in [-0.15, -0.1) is 0 Å². The molecule has 1 fully saturated rings. The molecule has 0 aromatic carbocycles. The van der Waals surface area contributed by atoms with E-state index in [-0.39, 0.29) is 24.6 Å². The van der Waals surface area contributed by atoms with Gasteiger partial charge in [-0.25, -0.2) is 13.2 Å². The Morgan fingerprint density at radius 1 is 1.20 bits per heavy atom. The van der Waals surface area contributed by atoms with Crippen LogP contribution in [-0.4, -0.2) is 59.3 Å². The number of aliphatic hydroxyl groups excluding tert-OH is 2. The zero-order valence-electron chi connectivity index (χ0n) is 10.9. The number of carboxylic acid groups (broad SMARTS) is 1. The maximum absolute atomic E-state index is 12.5. The second-order valence-corrected chi connectivity index (χ2v) is 6.56. The van der Waals surface area contributed by atoms with Gasteiger partial charge in [-0.2, -0.15) is 4.31 Å². The Morgan fingerprint density at radius 3 is 2.15 bits per heavy atom. The van der Waals surface area contributed by atoms with Crippen LogP contribution < -0.4 is 0 Å². The smallest absolute Gasteiger partial charge is 0.340 e. The van der Waals surface area contributed by atoms with E-state index in [1.807, 2.05) is 0 Å². The Morgan fingerprint density at radius 2 is 1.70 bits per heavy atom. The third-order valence-corrected chi connectivity index (χ3v) is 5.23. The maximum atomic E-state index is 12.5. The number of aryl methyl sites for hydroxylation is 2. The van der Waals surface area contributed by atoms with Gasteiger partial charge in [-0.1, -0.05) is 0 Å². The van der Waals surface area contributed by atoms with E-state index < -0.39 is 38.7 Å². The van der Waals surface area contributed by atoms with E-state index in [0.29, 0.717) is 0 Å². The molecule has 1 aromatic heterocycles. The lowest BCUT2D eigenvalue weighted by molar-refractivity contribution is 0.0572. The summed E-state index contributed by atoms with van der Waals surface area (Å²) in [4.78, 5) is 10.8. The first-order valence-electron chi connectivity index (χ1n) is 5.85. The Hall–Kier alpha value is -1.42. The molecule has 20 heavy (non-hydrogen) atoms. The summed E-state index contributed by atoms with van der Waals surface area (Å²) in [6.07, 6.45) is -2.38. The normalized spacial score (nSPS) is 24.2. The molecule has 0 amide bonds. The molecule has 1 aliphatic heterocycles. The van der Waals surface area contributed by atoms with Crippen molar-refractivity contribution in [3.05, 3.63) is 17.1 Å². The van der Waals surface area contributed by atoms with Crippen LogP contribution in [0.3, 0.4) is 0 Å². The third kappa shape index (κ3) is 2.22. The SMILES string of the molecule is Cc1oc(C)c(S(=O)(=O)N2C[C@@H](O)[C@@H](O)C2)c1C(=O)O. The highest BCUT2D eigenvalue weighted by molar-refractivity contribution is 7.89. The lowest BCUT2D eigenvalue weighted by Gasteiger charge is -2.15. The van der Waals surface area contributed by atoms with Crippen LogP contribution in [0.25, 0.3) is 0 Å². The van der Waals surface area contributed by atoms with Crippen molar-refractivity contribution in [2.45, 2.75) is 31.0 Å². The first kappa shape index (κ1) is 15.0. The van der Waals surface area contributed by atoms with Crippen LogP contribution in [0.4, 0.5) is 0 Å². The number of aliphatic hydroxyl groups is 2. The van der Waals surface area contributed by atoms with Crippen molar-refractivity contribution in [3.63, 3.8) is 0 Å². The highest BCUT2D eigenvalue weighted by Crippen LogP contribution is 2.31. The predicted octanol–water partition coefficient (Wildman–Crippen LogP) is -0.679. The molecule has 3 N–H and O–H groups in total. The number of sulfonamides is 1. The molecule has 0 saturated carbocycles. The van der Waals surface area contributed by atoms with Crippen LogP contribution >= 0.6 is 0 Å². The van der Waals surface area contributed by atoms with Crippen molar-refractivity contribution >= 4 is 16.0 Å². The monoisotopic (exact) mass is 305 g/mol. The summed E-state index contributed by atoms with van der Waals surface area (Å²) in [6, 6.07) is 0. The topological polar surface area (TPSA) is 128 Å². The summed E-state index contributed by atoms with van der Waals surface area (Å²) in [5.74, 6) is -1.44. The summed E-state index contributed by atoms with van der Waals surface area (Å²) in [5, 5.41) is 28.0. The minimum absolute atomic E-state index is 0.00568. The van der Waals surface area contributed by atoms with Gasteiger partial charge in [0.25, 0.3) is 0 Å². The summed E-state index contributed by atoms with van der Waals surface area (Å²) >= 11 is 0. The molecular formula is C11H15NO7S. The fourth-order valence-electron chi connectivity index (χ4n) is 2.28. The van der Waals surface area contributed by atoms with Gasteiger partial charge in [0.05, 0.1) is 12.2 Å². The van der Waals surface area contributed by atoms with E-state index in [2.05, 4.69) is 0 Å². The van der Waals surface area contributed by atoms with E-state index in [1.54, 1.807) is 0 Å². The third-order valence-electron chi connectivity index (χ3n) is 3.24. The molecule has 2 atom stereocenters. The van der Waals surface area contributed by atoms with Gasteiger partial charge in [0.1, 0.15) is 22.0 Å². The van der Waals surface area contributed by atoms with Crippen LogP contribution in [0.5, 0.6) is 0 Å². The lowest BCUT2D eigenvalue weighted by Crippen LogP contribution is -2.31. The molecule has 1 saturated heterocycles. The average molecular weight is 305 g/mol. The van der Waals surface area contributed by atoms with Crippen molar-refractivity contribution in [1.29, 1.82) is 0 Å². The van der Waals surface area contributed by atoms with Crippen LogP contribution in [0.1, 0.15) is 21.9 Å². The lowest BCUT2D eigenvalue weighted by atomic mass is 10.2. The fourth-order valence-corrected chi connectivity index (χ4v) is 4.13. The number of hydrogen-bond donors (Lipinski definition) is 3. The van der Waals surface area contributed by atoms with Gasteiger partial charge in [-0.3, -0.25) is 0 Å². The molecule has 0 bridgehead atoms. The molecule has 0 unspecified atom stereocenters. The predicted molar refractivity (Wildman–Crippen MR) is 65.9 cm³/mol. The van der Waals surface area contributed by atoms with E-state index in [0.717, 1.165) is 4.31 Å². The minimum Gasteiger partial charge on any atom is -0.478 e. The number of rotatable bonds is 3. The first-order chi connectivity index (χ1) is 9.16. The second-order valence-electron chi connectivity index (χ2n) is 4.68. The van der Waals surface area contributed by atoms with Crippen LogP contribution in [0.15, 0.2) is 9.31 Å². The van der Waals surface area contributed by atoms with Crippen molar-refractivity contribution < 1.29 is 32.9 Å². The Bertz CT molecular complexity index is 638. The summed E-state index contributed by atoms with van der Waals surface area (Å²) in [7, 11) is -4.15. The average Bonchev–Trinajstić information content (AvgIpc) is 2.80. The fraction of sp³-hybridized carbons (Fsp3) is 0.545. The number of carboxylic acids is 1. The van der Waals surface area contributed by atoms with E-state index in [4.69, 9.17) is 9.52 Å². The van der Waals surface area contributed by atoms with Crippen LogP contribution in [0, 0.1) is 13.8 Å². The zero-order chi connectivity index (χ0) is 15.2. The van der Waals surface area contributed by atoms with E-state index in [1.165, 1.54) is 13.8 Å². The molecule has 0 spiro atoms. The maximum Gasteiger partial charge on any atom is 0.340 e. The summed E-state index contributed by atoms with van der Waals surface area (Å²) < 4.78 is 30.9. The largest absolute Gasteiger partial charge is 0.478 e. The number of furan rings is 1. The van der Waals surface area contributed by atoms with Gasteiger partial charge in [0.2, 0.25) is 10.0 Å². The summed E-state index contributed by atoms with van der Waals surface area (Å²) in [6.45, 7) is 2.15. The molecule has 1 aliphatic rings. The molecule has 2 heterocycles. The first-order valence-corrected chi connectivity index (χ1v) is 7.29. The van der Waals surface area contributed by atoms with Gasteiger partial charge in [-0.05, 0) is 13.8 Å². The molecule has 0 radical (unpaired) electrons. The standard InChI is InChI=1S/C11H15NO7S/c1-5-9(11(15)16)10(6(2)19-5)20(17,18)12-3-7(13)8(14)4-12/h7-8,13-14H,3-4H2,1-2H3,(H,15,16)/t7-,8+. The molecule has 1 aromatic rings. The molecule has 112 valence electrons. The van der Waals surface area contributed by atoms with Gasteiger partial charge < -0.3 is 19.7 Å². The van der Waals surface area contributed by atoms with Gasteiger partial charge in [0.15, 0.2) is 0 Å². The van der Waals surface area contributed by atoms with Gasteiger partial charge in [0, 0.05) is 13.1 Å². The quantitative estimate of drug-likeness (QED) is 0.675. The molecule has 0 aliphatic carbocycles. The second kappa shape index (κ2) is 4.85. The van der Waals surface area contributed by atoms with Crippen molar-refractivity contribution in [1.82, 2.24) is 4.31 Å². The number of nitrogens with zero attached hydrogens (tertiary/aromatic N) is 1. The molecule has 9 heteroatoms. The summed E-state index contributed by atoms with van der Waals surface area (Å²) in [5.41, 5.74) is -0.418. The van der Waals surface area contributed by atoms with Gasteiger partial charge >= 0.3 is 5.97 Å². The Balaban J connectivity index is 2.53. The molecule has 8 nitrogen and oxygen atoms in total. The molecule has 2 rings (SSSR count). The van der Waals surface area contributed by atoms with Crippen LogP contribution in [0.2, 0.25) is 0 Å². The van der Waals surface area contributed by atoms with Crippen molar-refractivity contribution in [2.24, 2.45) is 0 Å². The Labute approximate surface area is 115 Å². The number of carbonyl (C=O) groups is 1. The Kier molecular flexibility index (Phi) is 3.63. The number of β-amino-alcohol motifs (C(OH)–C–C–N with tert-alkyl or cyclic N) is 2. The van der Waals surface area contributed by atoms with E-state index >= 15 is 0 Å². The number of aromatic carboxylic acids is 1. The van der Waals surface area contributed by atoms with E-state index in [9.17, 15) is 23.4 Å². The minimum atomic E-state index is -4.15. The van der Waals surface area contributed by atoms with Crippen molar-refractivity contribution in [3.8, 4) is 0 Å². The highest BCUT2D eigenvalue weighted by atomic mass is 32.2. The molecular weight excluding hydrogens is 290 g/mol.